The topological polar surface area (TPSA) is 68.8 Å². The van der Waals surface area contributed by atoms with Crippen molar-refractivity contribution in [3.05, 3.63) is 63.1 Å². The van der Waals surface area contributed by atoms with E-state index in [-0.39, 0.29) is 5.54 Å². The minimum Gasteiger partial charge on any atom is -0.402 e. The van der Waals surface area contributed by atoms with E-state index in [1.165, 1.54) is 0 Å². The Morgan fingerprint density at radius 3 is 2.26 bits per heavy atom. The van der Waals surface area contributed by atoms with Gasteiger partial charge < -0.3 is 9.73 Å². The number of nitrogens with one attached hydrogen (secondary N) is 1. The highest BCUT2D eigenvalue weighted by atomic mass is 35.5. The summed E-state index contributed by atoms with van der Waals surface area (Å²) in [7, 11) is 0. The van der Waals surface area contributed by atoms with Crippen LogP contribution in [0.4, 0.5) is 6.01 Å². The van der Waals surface area contributed by atoms with Crippen LogP contribution in [0.3, 0.4) is 0 Å². The number of hydrogen-bond acceptors (Lipinski definition) is 5. The summed E-state index contributed by atoms with van der Waals surface area (Å²) in [6.45, 7) is 7.99. The van der Waals surface area contributed by atoms with Crippen molar-refractivity contribution in [1.82, 2.24) is 20.0 Å². The number of anilines is 1. The summed E-state index contributed by atoms with van der Waals surface area (Å²) in [5.74, 6) is 0.309. The Labute approximate surface area is 195 Å². The summed E-state index contributed by atoms with van der Waals surface area (Å²) in [6.07, 6.45) is 0. The lowest BCUT2D eigenvalue weighted by atomic mass is 10.1. The van der Waals surface area contributed by atoms with E-state index >= 15 is 0 Å². The molecule has 0 radical (unpaired) electrons. The first-order valence-electron chi connectivity index (χ1n) is 9.55. The molecule has 2 aromatic carbocycles. The van der Waals surface area contributed by atoms with Gasteiger partial charge in [-0.15, -0.1) is 5.10 Å². The van der Waals surface area contributed by atoms with Gasteiger partial charge in [-0.25, -0.2) is 4.68 Å². The quantitative estimate of drug-likeness (QED) is 0.341. The van der Waals surface area contributed by atoms with Gasteiger partial charge in [-0.05, 0) is 58.0 Å². The molecule has 0 atom stereocenters. The number of nitrogens with zero attached hydrogens (tertiary/aromatic N) is 4. The molecule has 0 bridgehead atoms. The lowest BCUT2D eigenvalue weighted by Gasteiger charge is -2.17. The number of aromatic nitrogens is 4. The van der Waals surface area contributed by atoms with Crippen molar-refractivity contribution in [2.24, 2.45) is 0 Å². The molecule has 31 heavy (non-hydrogen) atoms. The van der Waals surface area contributed by atoms with E-state index in [0.29, 0.717) is 38.4 Å². The van der Waals surface area contributed by atoms with Crippen LogP contribution in [0.25, 0.3) is 28.5 Å². The third kappa shape index (κ3) is 4.56. The highest BCUT2D eigenvalue weighted by molar-refractivity contribution is 6.35. The van der Waals surface area contributed by atoms with Crippen LogP contribution >= 0.6 is 34.8 Å². The molecule has 0 amide bonds. The van der Waals surface area contributed by atoms with Crippen molar-refractivity contribution < 1.29 is 4.42 Å². The molecule has 0 spiro atoms. The molecule has 0 saturated carbocycles. The second-order valence-electron chi connectivity index (χ2n) is 8.12. The van der Waals surface area contributed by atoms with Crippen molar-refractivity contribution >= 4 is 40.8 Å². The monoisotopic (exact) mass is 475 g/mol. The molecule has 1 N–H and O–H groups in total. The Morgan fingerprint density at radius 1 is 0.935 bits per heavy atom. The second-order valence-corrected chi connectivity index (χ2v) is 9.40. The minimum absolute atomic E-state index is 0.219. The molecule has 9 heteroatoms. The van der Waals surface area contributed by atoms with Gasteiger partial charge in [0.05, 0.1) is 16.4 Å². The summed E-state index contributed by atoms with van der Waals surface area (Å²) < 4.78 is 7.61. The van der Waals surface area contributed by atoms with Crippen molar-refractivity contribution in [2.45, 2.75) is 33.2 Å². The first-order valence-corrected chi connectivity index (χ1v) is 10.7. The smallest absolute Gasteiger partial charge is 0.316 e. The fourth-order valence-corrected chi connectivity index (χ4v) is 3.78. The fourth-order valence-electron chi connectivity index (χ4n) is 3.16. The van der Waals surface area contributed by atoms with E-state index < -0.39 is 0 Å². The van der Waals surface area contributed by atoms with Gasteiger partial charge in [0.1, 0.15) is 0 Å². The Hall–Kier alpha value is -2.54. The van der Waals surface area contributed by atoms with E-state index in [0.717, 1.165) is 16.8 Å². The summed E-state index contributed by atoms with van der Waals surface area (Å²) in [6, 6.07) is 13.1. The summed E-state index contributed by atoms with van der Waals surface area (Å²) in [4.78, 5) is 0. The maximum absolute atomic E-state index is 6.51. The van der Waals surface area contributed by atoms with Crippen molar-refractivity contribution in [2.75, 3.05) is 5.32 Å². The van der Waals surface area contributed by atoms with Gasteiger partial charge in [0.15, 0.2) is 5.69 Å². The first-order chi connectivity index (χ1) is 14.6. The highest BCUT2D eigenvalue weighted by Gasteiger charge is 2.24. The summed E-state index contributed by atoms with van der Waals surface area (Å²) in [5, 5.41) is 17.9. The summed E-state index contributed by atoms with van der Waals surface area (Å²) in [5.41, 5.74) is 3.63. The van der Waals surface area contributed by atoms with Gasteiger partial charge in [0.25, 0.3) is 5.89 Å². The Morgan fingerprint density at radius 2 is 1.61 bits per heavy atom. The van der Waals surface area contributed by atoms with Gasteiger partial charge in [-0.2, -0.15) is 5.10 Å². The summed E-state index contributed by atoms with van der Waals surface area (Å²) >= 11 is 18.7. The Balaban J connectivity index is 1.89. The molecular weight excluding hydrogens is 457 g/mol. The molecule has 0 aliphatic heterocycles. The van der Waals surface area contributed by atoms with Crippen LogP contribution in [0.15, 0.2) is 46.9 Å². The fraction of sp³-hybridized carbons (Fsp3) is 0.227. The number of halogens is 3. The maximum Gasteiger partial charge on any atom is 0.316 e. The third-order valence-corrected chi connectivity index (χ3v) is 5.28. The van der Waals surface area contributed by atoms with Crippen LogP contribution in [-0.4, -0.2) is 25.5 Å². The molecule has 0 unspecified atom stereocenters. The Kier molecular flexibility index (Phi) is 5.73. The zero-order valence-electron chi connectivity index (χ0n) is 17.4. The van der Waals surface area contributed by atoms with Gasteiger partial charge in [-0.3, -0.25) is 0 Å². The molecular formula is C22H20Cl3N5O. The molecule has 0 saturated heterocycles. The zero-order chi connectivity index (χ0) is 22.3. The minimum atomic E-state index is -0.219. The molecule has 6 nitrogen and oxygen atoms in total. The van der Waals surface area contributed by atoms with Crippen LogP contribution < -0.4 is 5.32 Å². The van der Waals surface area contributed by atoms with Crippen molar-refractivity contribution in [1.29, 1.82) is 0 Å². The molecule has 4 rings (SSSR count). The predicted molar refractivity (Wildman–Crippen MR) is 125 cm³/mol. The Bertz CT molecular complexity index is 1240. The van der Waals surface area contributed by atoms with Crippen molar-refractivity contribution in [3.63, 3.8) is 0 Å². The third-order valence-electron chi connectivity index (χ3n) is 4.49. The SMILES string of the molecule is Cc1c(-c2nnc(NC(C)(C)C)o2)nn(-c2ccc(Cl)cc2Cl)c1-c1ccc(Cl)cc1. The predicted octanol–water partition coefficient (Wildman–Crippen LogP) is 7.07. The lowest BCUT2D eigenvalue weighted by molar-refractivity contribution is 0.536. The van der Waals surface area contributed by atoms with Crippen LogP contribution in [0, 0.1) is 6.92 Å². The largest absolute Gasteiger partial charge is 0.402 e. The number of hydrogen-bond donors (Lipinski definition) is 1. The highest BCUT2D eigenvalue weighted by Crippen LogP contribution is 2.36. The van der Waals surface area contributed by atoms with E-state index in [4.69, 9.17) is 44.3 Å². The van der Waals surface area contributed by atoms with Crippen molar-refractivity contribution in [3.8, 4) is 28.5 Å². The average Bonchev–Trinajstić information content (AvgIpc) is 3.25. The van der Waals surface area contributed by atoms with E-state index in [9.17, 15) is 0 Å². The van der Waals surface area contributed by atoms with E-state index in [1.54, 1.807) is 16.8 Å². The van der Waals surface area contributed by atoms with Crippen LogP contribution in [0.2, 0.25) is 15.1 Å². The van der Waals surface area contributed by atoms with Gasteiger partial charge >= 0.3 is 6.01 Å². The molecule has 0 fully saturated rings. The molecule has 2 heterocycles. The van der Waals surface area contributed by atoms with Gasteiger partial charge in [-0.1, -0.05) is 52.0 Å². The van der Waals surface area contributed by atoms with E-state index in [2.05, 4.69) is 15.5 Å². The first kappa shape index (κ1) is 21.7. The molecule has 0 aliphatic carbocycles. The van der Waals surface area contributed by atoms with E-state index in [1.807, 2.05) is 58.0 Å². The second kappa shape index (κ2) is 8.19. The van der Waals surface area contributed by atoms with Gasteiger partial charge in [0.2, 0.25) is 0 Å². The van der Waals surface area contributed by atoms with Crippen LogP contribution in [0.5, 0.6) is 0 Å². The normalized spacial score (nSPS) is 11.7. The molecule has 0 aliphatic rings. The number of benzene rings is 2. The lowest BCUT2D eigenvalue weighted by Crippen LogP contribution is -2.26. The standard InChI is InChI=1S/C22H20Cl3N5O/c1-12-18(20-27-28-21(31-20)26-22(2,3)4)29-30(17-10-9-15(24)11-16(17)25)19(12)13-5-7-14(23)8-6-13/h5-11H,1-4H3,(H,26,28). The molecule has 4 aromatic rings. The zero-order valence-corrected chi connectivity index (χ0v) is 19.6. The molecule has 160 valence electrons. The van der Waals surface area contributed by atoms with Gasteiger partial charge in [0, 0.05) is 26.7 Å². The number of rotatable bonds is 4. The molecule has 2 aromatic heterocycles. The van der Waals surface area contributed by atoms with Crippen LogP contribution in [0.1, 0.15) is 26.3 Å². The maximum atomic E-state index is 6.51. The average molecular weight is 477 g/mol. The van der Waals surface area contributed by atoms with Crippen LogP contribution in [-0.2, 0) is 0 Å².